The minimum Gasteiger partial charge on any atom is -0.352 e. The molecule has 3 rings (SSSR count). The van der Waals surface area contributed by atoms with Crippen molar-refractivity contribution in [2.24, 2.45) is 0 Å². The molecule has 7 heteroatoms. The molecule has 0 aromatic heterocycles. The van der Waals surface area contributed by atoms with Gasteiger partial charge in [-0.1, -0.05) is 85.8 Å². The van der Waals surface area contributed by atoms with Crippen LogP contribution >= 0.6 is 35.0 Å². The van der Waals surface area contributed by atoms with E-state index >= 15 is 0 Å². The maximum atomic E-state index is 13.4. The molecular formula is C27H34Cl2N2O2S. The van der Waals surface area contributed by atoms with Gasteiger partial charge in [0.15, 0.2) is 0 Å². The summed E-state index contributed by atoms with van der Waals surface area (Å²) in [6.45, 7) is 2.48. The quantitative estimate of drug-likeness (QED) is 0.366. The first-order valence-corrected chi connectivity index (χ1v) is 14.0. The number of halogens is 2. The summed E-state index contributed by atoms with van der Waals surface area (Å²) in [5.41, 5.74) is 1.99. The lowest BCUT2D eigenvalue weighted by atomic mass is 9.95. The lowest BCUT2D eigenvalue weighted by Gasteiger charge is -2.32. The topological polar surface area (TPSA) is 49.4 Å². The molecule has 2 aromatic rings. The van der Waals surface area contributed by atoms with Gasteiger partial charge in [-0.2, -0.15) is 0 Å². The highest BCUT2D eigenvalue weighted by molar-refractivity contribution is 7.99. The SMILES string of the molecule is CC[C@@H](C(=O)NC1CCCCC1)N(CCc1ccccc1)C(=O)CSCc1c(Cl)cccc1Cl. The van der Waals surface area contributed by atoms with Crippen LogP contribution in [0.15, 0.2) is 48.5 Å². The first-order valence-electron chi connectivity index (χ1n) is 12.1. The summed E-state index contributed by atoms with van der Waals surface area (Å²) in [6.07, 6.45) is 6.88. The van der Waals surface area contributed by atoms with E-state index < -0.39 is 6.04 Å². The summed E-state index contributed by atoms with van der Waals surface area (Å²) >= 11 is 14.0. The van der Waals surface area contributed by atoms with Gasteiger partial charge in [0, 0.05) is 28.4 Å². The number of benzene rings is 2. The van der Waals surface area contributed by atoms with E-state index in [0.717, 1.165) is 36.8 Å². The van der Waals surface area contributed by atoms with Gasteiger partial charge in [-0.25, -0.2) is 0 Å². The van der Waals surface area contributed by atoms with Gasteiger partial charge in [0.05, 0.1) is 5.75 Å². The molecule has 1 aliphatic rings. The van der Waals surface area contributed by atoms with Crippen LogP contribution < -0.4 is 5.32 Å². The van der Waals surface area contributed by atoms with E-state index in [0.29, 0.717) is 35.2 Å². The first kappa shape index (κ1) is 26.9. The molecule has 0 saturated heterocycles. The zero-order chi connectivity index (χ0) is 24.3. The minimum atomic E-state index is -0.470. The Morgan fingerprint density at radius 3 is 2.35 bits per heavy atom. The van der Waals surface area contributed by atoms with E-state index in [9.17, 15) is 9.59 Å². The molecule has 184 valence electrons. The maximum Gasteiger partial charge on any atom is 0.243 e. The fourth-order valence-electron chi connectivity index (χ4n) is 4.43. The number of amides is 2. The number of hydrogen-bond acceptors (Lipinski definition) is 3. The molecule has 1 saturated carbocycles. The molecule has 2 amide bonds. The Labute approximate surface area is 217 Å². The minimum absolute atomic E-state index is 0.0324. The van der Waals surface area contributed by atoms with E-state index in [4.69, 9.17) is 23.2 Å². The zero-order valence-corrected chi connectivity index (χ0v) is 22.1. The predicted octanol–water partition coefficient (Wildman–Crippen LogP) is 6.53. The molecule has 0 aliphatic heterocycles. The van der Waals surface area contributed by atoms with Gasteiger partial charge in [0.25, 0.3) is 0 Å². The van der Waals surface area contributed by atoms with Crippen molar-refractivity contribution in [1.82, 2.24) is 10.2 Å². The van der Waals surface area contributed by atoms with E-state index in [-0.39, 0.29) is 23.6 Å². The Bertz CT molecular complexity index is 915. The highest BCUT2D eigenvalue weighted by Gasteiger charge is 2.30. The second kappa shape index (κ2) is 14.0. The largest absolute Gasteiger partial charge is 0.352 e. The van der Waals surface area contributed by atoms with E-state index in [2.05, 4.69) is 17.4 Å². The molecule has 1 atom stereocenters. The van der Waals surface area contributed by atoms with Crippen LogP contribution in [0.1, 0.15) is 56.6 Å². The summed E-state index contributed by atoms with van der Waals surface area (Å²) in [6, 6.07) is 15.3. The third kappa shape index (κ3) is 7.93. The molecule has 4 nitrogen and oxygen atoms in total. The highest BCUT2D eigenvalue weighted by atomic mass is 35.5. The number of thioether (sulfide) groups is 1. The van der Waals surface area contributed by atoms with Gasteiger partial charge in [-0.15, -0.1) is 11.8 Å². The lowest BCUT2D eigenvalue weighted by Crippen LogP contribution is -2.52. The van der Waals surface area contributed by atoms with Crippen LogP contribution in [0, 0.1) is 0 Å². The zero-order valence-electron chi connectivity index (χ0n) is 19.8. The summed E-state index contributed by atoms with van der Waals surface area (Å²) < 4.78 is 0. The maximum absolute atomic E-state index is 13.4. The Kier molecular flexibility index (Phi) is 11.1. The Balaban J connectivity index is 1.67. The fraction of sp³-hybridized carbons (Fsp3) is 0.481. The van der Waals surface area contributed by atoms with Crippen molar-refractivity contribution in [2.75, 3.05) is 12.3 Å². The van der Waals surface area contributed by atoms with Gasteiger partial charge >= 0.3 is 0 Å². The van der Waals surface area contributed by atoms with Crippen LogP contribution in [0.25, 0.3) is 0 Å². The number of carbonyl (C=O) groups excluding carboxylic acids is 2. The van der Waals surface area contributed by atoms with Crippen LogP contribution in [0.5, 0.6) is 0 Å². The second-order valence-electron chi connectivity index (χ2n) is 8.78. The first-order chi connectivity index (χ1) is 16.5. The summed E-state index contributed by atoms with van der Waals surface area (Å²) in [4.78, 5) is 28.4. The van der Waals surface area contributed by atoms with Crippen LogP contribution in [0.4, 0.5) is 0 Å². The second-order valence-corrected chi connectivity index (χ2v) is 10.6. The fourth-order valence-corrected chi connectivity index (χ4v) is 6.08. The average Bonchev–Trinajstić information content (AvgIpc) is 2.84. The van der Waals surface area contributed by atoms with Crippen molar-refractivity contribution in [3.05, 3.63) is 69.7 Å². The van der Waals surface area contributed by atoms with Crippen molar-refractivity contribution < 1.29 is 9.59 Å². The molecule has 1 N–H and O–H groups in total. The number of hydrogen-bond donors (Lipinski definition) is 1. The van der Waals surface area contributed by atoms with Crippen molar-refractivity contribution in [1.29, 1.82) is 0 Å². The molecule has 2 aromatic carbocycles. The van der Waals surface area contributed by atoms with Crippen molar-refractivity contribution in [3.63, 3.8) is 0 Å². The van der Waals surface area contributed by atoms with Crippen molar-refractivity contribution in [3.8, 4) is 0 Å². The predicted molar refractivity (Wildman–Crippen MR) is 144 cm³/mol. The van der Waals surface area contributed by atoms with E-state index in [1.807, 2.05) is 31.2 Å². The molecule has 0 heterocycles. The van der Waals surface area contributed by atoms with Crippen LogP contribution in [0.3, 0.4) is 0 Å². The molecule has 1 fully saturated rings. The summed E-state index contributed by atoms with van der Waals surface area (Å²) in [5, 5.41) is 4.43. The van der Waals surface area contributed by atoms with Gasteiger partial charge in [-0.05, 0) is 48.9 Å². The average molecular weight is 522 g/mol. The van der Waals surface area contributed by atoms with Crippen LogP contribution in [-0.2, 0) is 21.8 Å². The standard InChI is InChI=1S/C27H34Cl2N2O2S/c1-2-25(27(33)30-21-12-7-4-8-13-21)31(17-16-20-10-5-3-6-11-20)26(32)19-34-18-22-23(28)14-9-15-24(22)29/h3,5-6,9-11,14-15,21,25H,2,4,7-8,12-13,16-19H2,1H3,(H,30,33)/t25-/m0/s1. The van der Waals surface area contributed by atoms with E-state index in [1.165, 1.54) is 18.2 Å². The van der Waals surface area contributed by atoms with Crippen LogP contribution in [0.2, 0.25) is 10.0 Å². The van der Waals surface area contributed by atoms with E-state index in [1.54, 1.807) is 17.0 Å². The number of nitrogens with one attached hydrogen (secondary N) is 1. The summed E-state index contributed by atoms with van der Waals surface area (Å²) in [5.74, 6) is 0.746. The smallest absolute Gasteiger partial charge is 0.243 e. The van der Waals surface area contributed by atoms with Gasteiger partial charge < -0.3 is 10.2 Å². The van der Waals surface area contributed by atoms with Gasteiger partial charge in [0.2, 0.25) is 11.8 Å². The highest BCUT2D eigenvalue weighted by Crippen LogP contribution is 2.28. The molecular weight excluding hydrogens is 487 g/mol. The number of rotatable bonds is 11. The molecule has 0 unspecified atom stereocenters. The molecule has 1 aliphatic carbocycles. The Hall–Kier alpha value is -1.69. The number of carbonyl (C=O) groups is 2. The van der Waals surface area contributed by atoms with Gasteiger partial charge in [0.1, 0.15) is 6.04 Å². The van der Waals surface area contributed by atoms with Crippen LogP contribution in [-0.4, -0.2) is 41.1 Å². The third-order valence-corrected chi connectivity index (χ3v) is 8.01. The van der Waals surface area contributed by atoms with Crippen molar-refractivity contribution in [2.45, 2.75) is 69.7 Å². The number of nitrogens with zero attached hydrogens (tertiary/aromatic N) is 1. The Morgan fingerprint density at radius 1 is 1.03 bits per heavy atom. The molecule has 0 bridgehead atoms. The normalized spacial score (nSPS) is 15.0. The van der Waals surface area contributed by atoms with Gasteiger partial charge in [-0.3, -0.25) is 9.59 Å². The van der Waals surface area contributed by atoms with Crippen molar-refractivity contribution >= 4 is 46.8 Å². The monoisotopic (exact) mass is 520 g/mol. The Morgan fingerprint density at radius 2 is 1.71 bits per heavy atom. The molecule has 34 heavy (non-hydrogen) atoms. The molecule has 0 spiro atoms. The lowest BCUT2D eigenvalue weighted by molar-refractivity contribution is -0.139. The summed E-state index contributed by atoms with van der Waals surface area (Å²) in [7, 11) is 0. The third-order valence-electron chi connectivity index (χ3n) is 6.36. The molecule has 0 radical (unpaired) electrons.